The Balaban J connectivity index is 2.16. The molecule has 6 nitrogen and oxygen atoms in total. The highest BCUT2D eigenvalue weighted by molar-refractivity contribution is 5.99. The summed E-state index contributed by atoms with van der Waals surface area (Å²) < 4.78 is 5.39. The maximum Gasteiger partial charge on any atom is 0.254 e. The van der Waals surface area contributed by atoms with Crippen LogP contribution >= 0.6 is 0 Å². The van der Waals surface area contributed by atoms with Gasteiger partial charge in [0.1, 0.15) is 11.8 Å². The second-order valence-corrected chi connectivity index (χ2v) is 4.70. The van der Waals surface area contributed by atoms with Crippen LogP contribution in [0.4, 0.5) is 5.69 Å². The smallest absolute Gasteiger partial charge is 0.254 e. The first-order valence-electron chi connectivity index (χ1n) is 6.31. The SMILES string of the molecule is Cc1ccc(C(=O)NC(C)c2ncc(C)o2)c(NN)c1. The number of hydrogen-bond acceptors (Lipinski definition) is 5. The number of anilines is 1. The Morgan fingerprint density at radius 3 is 2.75 bits per heavy atom. The van der Waals surface area contributed by atoms with Crippen LogP contribution < -0.4 is 16.6 Å². The number of rotatable bonds is 4. The second kappa shape index (κ2) is 5.75. The molecule has 2 aromatic rings. The molecule has 1 aromatic heterocycles. The minimum atomic E-state index is -0.317. The molecule has 20 heavy (non-hydrogen) atoms. The number of nitrogens with zero attached hydrogens (tertiary/aromatic N) is 1. The van der Waals surface area contributed by atoms with Gasteiger partial charge in [0.15, 0.2) is 0 Å². The lowest BCUT2D eigenvalue weighted by molar-refractivity contribution is 0.0934. The van der Waals surface area contributed by atoms with E-state index in [0.717, 1.165) is 5.56 Å². The van der Waals surface area contributed by atoms with Gasteiger partial charge < -0.3 is 15.2 Å². The van der Waals surface area contributed by atoms with Crippen LogP contribution in [-0.4, -0.2) is 10.9 Å². The number of amides is 1. The lowest BCUT2D eigenvalue weighted by atomic mass is 10.1. The molecule has 106 valence electrons. The molecule has 0 saturated carbocycles. The molecule has 0 spiro atoms. The summed E-state index contributed by atoms with van der Waals surface area (Å²) in [6.45, 7) is 5.55. The number of nitrogens with two attached hydrogens (primary N) is 1. The lowest BCUT2D eigenvalue weighted by Crippen LogP contribution is -2.28. The Kier molecular flexibility index (Phi) is 4.05. The van der Waals surface area contributed by atoms with Crippen LogP contribution in [0.2, 0.25) is 0 Å². The molecule has 1 amide bonds. The summed E-state index contributed by atoms with van der Waals surface area (Å²) >= 11 is 0. The number of carbonyl (C=O) groups excluding carboxylic acids is 1. The summed E-state index contributed by atoms with van der Waals surface area (Å²) in [5, 5.41) is 2.83. The van der Waals surface area contributed by atoms with Gasteiger partial charge >= 0.3 is 0 Å². The minimum Gasteiger partial charge on any atom is -0.444 e. The van der Waals surface area contributed by atoms with Crippen molar-refractivity contribution in [1.29, 1.82) is 0 Å². The Morgan fingerprint density at radius 2 is 2.15 bits per heavy atom. The van der Waals surface area contributed by atoms with E-state index in [9.17, 15) is 4.79 Å². The standard InChI is InChI=1S/C14H18N4O2/c1-8-4-5-11(12(6-8)18-15)13(19)17-10(3)14-16-7-9(2)20-14/h4-7,10,18H,15H2,1-3H3,(H,17,19). The van der Waals surface area contributed by atoms with E-state index >= 15 is 0 Å². The quantitative estimate of drug-likeness (QED) is 0.586. The largest absolute Gasteiger partial charge is 0.444 e. The predicted octanol–water partition coefficient (Wildman–Crippen LogP) is 2.07. The summed E-state index contributed by atoms with van der Waals surface area (Å²) in [4.78, 5) is 16.3. The fourth-order valence-corrected chi connectivity index (χ4v) is 1.88. The van der Waals surface area contributed by atoms with E-state index in [4.69, 9.17) is 10.3 Å². The lowest BCUT2D eigenvalue weighted by Gasteiger charge is -2.13. The average molecular weight is 274 g/mol. The monoisotopic (exact) mass is 274 g/mol. The van der Waals surface area contributed by atoms with E-state index in [1.54, 1.807) is 12.3 Å². The van der Waals surface area contributed by atoms with Gasteiger partial charge in [0.05, 0.1) is 17.4 Å². The van der Waals surface area contributed by atoms with Crippen LogP contribution in [0.5, 0.6) is 0 Å². The Labute approximate surface area is 117 Å². The van der Waals surface area contributed by atoms with Gasteiger partial charge in [-0.25, -0.2) is 4.98 Å². The number of hydrazine groups is 1. The van der Waals surface area contributed by atoms with E-state index < -0.39 is 0 Å². The van der Waals surface area contributed by atoms with Crippen LogP contribution in [0, 0.1) is 13.8 Å². The number of oxazole rings is 1. The summed E-state index contributed by atoms with van der Waals surface area (Å²) in [5.74, 6) is 6.39. The van der Waals surface area contributed by atoms with Crippen molar-refractivity contribution in [2.24, 2.45) is 5.84 Å². The number of aryl methyl sites for hydroxylation is 2. The van der Waals surface area contributed by atoms with Crippen molar-refractivity contribution >= 4 is 11.6 Å². The van der Waals surface area contributed by atoms with Crippen LogP contribution in [0.3, 0.4) is 0 Å². The van der Waals surface area contributed by atoms with Crippen molar-refractivity contribution in [3.05, 3.63) is 47.2 Å². The third-order valence-electron chi connectivity index (χ3n) is 2.93. The molecule has 1 aromatic carbocycles. The number of aromatic nitrogens is 1. The molecule has 1 atom stereocenters. The van der Waals surface area contributed by atoms with Crippen molar-refractivity contribution in [3.63, 3.8) is 0 Å². The highest BCUT2D eigenvalue weighted by Crippen LogP contribution is 2.18. The van der Waals surface area contributed by atoms with Gasteiger partial charge in [-0.05, 0) is 38.5 Å². The maximum atomic E-state index is 12.3. The van der Waals surface area contributed by atoms with Gasteiger partial charge in [0, 0.05) is 0 Å². The maximum absolute atomic E-state index is 12.3. The fraction of sp³-hybridized carbons (Fsp3) is 0.286. The van der Waals surface area contributed by atoms with Crippen molar-refractivity contribution in [2.45, 2.75) is 26.8 Å². The van der Waals surface area contributed by atoms with E-state index in [0.29, 0.717) is 22.9 Å². The van der Waals surface area contributed by atoms with E-state index in [-0.39, 0.29) is 11.9 Å². The summed E-state index contributed by atoms with van der Waals surface area (Å²) in [6.07, 6.45) is 1.62. The number of nitrogen functional groups attached to an aromatic ring is 1. The Morgan fingerprint density at radius 1 is 1.40 bits per heavy atom. The molecule has 0 bridgehead atoms. The van der Waals surface area contributed by atoms with Crippen molar-refractivity contribution in [3.8, 4) is 0 Å². The van der Waals surface area contributed by atoms with Gasteiger partial charge in [-0.2, -0.15) is 0 Å². The highest BCUT2D eigenvalue weighted by Gasteiger charge is 2.17. The summed E-state index contributed by atoms with van der Waals surface area (Å²) in [7, 11) is 0. The molecule has 0 aliphatic heterocycles. The third-order valence-corrected chi connectivity index (χ3v) is 2.93. The second-order valence-electron chi connectivity index (χ2n) is 4.70. The van der Waals surface area contributed by atoms with E-state index in [2.05, 4.69) is 15.7 Å². The number of carbonyl (C=O) groups is 1. The Bertz CT molecular complexity index is 621. The van der Waals surface area contributed by atoms with Gasteiger partial charge in [-0.15, -0.1) is 0 Å². The van der Waals surface area contributed by atoms with Gasteiger partial charge in [-0.1, -0.05) is 6.07 Å². The first-order chi connectivity index (χ1) is 9.51. The predicted molar refractivity (Wildman–Crippen MR) is 76.1 cm³/mol. The number of nitrogens with one attached hydrogen (secondary N) is 2. The molecule has 4 N–H and O–H groups in total. The zero-order valence-corrected chi connectivity index (χ0v) is 11.7. The van der Waals surface area contributed by atoms with Crippen LogP contribution in [0.1, 0.15) is 40.5 Å². The van der Waals surface area contributed by atoms with Gasteiger partial charge in [0.2, 0.25) is 5.89 Å². The van der Waals surface area contributed by atoms with E-state index in [1.807, 2.05) is 32.9 Å². The molecule has 1 unspecified atom stereocenters. The average Bonchev–Trinajstić information content (AvgIpc) is 2.85. The topological polar surface area (TPSA) is 93.2 Å². The molecule has 1 heterocycles. The van der Waals surface area contributed by atoms with Crippen molar-refractivity contribution < 1.29 is 9.21 Å². The Hall–Kier alpha value is -2.34. The fourth-order valence-electron chi connectivity index (χ4n) is 1.88. The van der Waals surface area contributed by atoms with Crippen molar-refractivity contribution in [1.82, 2.24) is 10.3 Å². The van der Waals surface area contributed by atoms with Gasteiger partial charge in [0.25, 0.3) is 5.91 Å². The zero-order chi connectivity index (χ0) is 14.7. The summed E-state index contributed by atoms with van der Waals surface area (Å²) in [5.41, 5.74) is 4.62. The van der Waals surface area contributed by atoms with E-state index in [1.165, 1.54) is 0 Å². The van der Waals surface area contributed by atoms with Crippen LogP contribution in [0.25, 0.3) is 0 Å². The molecule has 6 heteroatoms. The zero-order valence-electron chi connectivity index (χ0n) is 11.7. The molecule has 0 fully saturated rings. The van der Waals surface area contributed by atoms with Crippen LogP contribution in [-0.2, 0) is 0 Å². The van der Waals surface area contributed by atoms with Crippen LogP contribution in [0.15, 0.2) is 28.8 Å². The molecule has 0 aliphatic carbocycles. The minimum absolute atomic E-state index is 0.235. The van der Waals surface area contributed by atoms with Crippen molar-refractivity contribution in [2.75, 3.05) is 5.43 Å². The molecule has 0 aliphatic rings. The highest BCUT2D eigenvalue weighted by atomic mass is 16.4. The molecular weight excluding hydrogens is 256 g/mol. The molecule has 0 radical (unpaired) electrons. The first-order valence-corrected chi connectivity index (χ1v) is 6.31. The molecule has 0 saturated heterocycles. The summed E-state index contributed by atoms with van der Waals surface area (Å²) in [6, 6.07) is 5.08. The number of benzene rings is 1. The molecule has 2 rings (SSSR count). The third kappa shape index (κ3) is 2.97. The number of hydrogen-bond donors (Lipinski definition) is 3. The first kappa shape index (κ1) is 14.1. The van der Waals surface area contributed by atoms with Gasteiger partial charge in [-0.3, -0.25) is 10.6 Å². The molecular formula is C14H18N4O2. The normalized spacial score (nSPS) is 12.0.